The zero-order valence-electron chi connectivity index (χ0n) is 25.5. The zero-order valence-corrected chi connectivity index (χ0v) is 27.1. The molecule has 0 saturated heterocycles. The van der Waals surface area contributed by atoms with E-state index in [0.717, 1.165) is 35.5 Å². The normalized spacial score (nSPS) is 22.8. The number of hydrogen-bond donors (Lipinski definition) is 2. The summed E-state index contributed by atoms with van der Waals surface area (Å²) >= 11 is 0. The molecule has 6 nitrogen and oxygen atoms in total. The summed E-state index contributed by atoms with van der Waals surface area (Å²) in [4.78, 5) is 25.8. The number of rotatable bonds is 14. The van der Waals surface area contributed by atoms with Gasteiger partial charge in [0, 0.05) is 30.5 Å². The maximum absolute atomic E-state index is 13.4. The molecule has 2 N–H and O–H groups in total. The van der Waals surface area contributed by atoms with Gasteiger partial charge >= 0.3 is 11.9 Å². The van der Waals surface area contributed by atoms with Crippen molar-refractivity contribution in [3.63, 3.8) is 0 Å². The second-order valence-corrected chi connectivity index (χ2v) is 16.7. The van der Waals surface area contributed by atoms with Gasteiger partial charge in [0.25, 0.3) is 0 Å². The maximum Gasteiger partial charge on any atom is 0.309 e. The van der Waals surface area contributed by atoms with E-state index in [1.54, 1.807) is 27.7 Å². The molecule has 0 aromatic heterocycles. The smallest absolute Gasteiger partial charge is 0.309 e. The van der Waals surface area contributed by atoms with Gasteiger partial charge in [0.15, 0.2) is 0 Å². The van der Waals surface area contributed by atoms with E-state index in [2.05, 4.69) is 39.8 Å². The van der Waals surface area contributed by atoms with Gasteiger partial charge in [-0.2, -0.15) is 0 Å². The van der Waals surface area contributed by atoms with Gasteiger partial charge in [-0.1, -0.05) is 64.8 Å². The second-order valence-electron chi connectivity index (χ2n) is 13.6. The summed E-state index contributed by atoms with van der Waals surface area (Å²) in [5, 5.41) is 18.7. The van der Waals surface area contributed by atoms with Crippen LogP contribution in [0.2, 0.25) is 0 Å². The van der Waals surface area contributed by atoms with Gasteiger partial charge in [-0.05, 0) is 78.4 Å². The van der Waals surface area contributed by atoms with Crippen LogP contribution in [0.3, 0.4) is 0 Å². The summed E-state index contributed by atoms with van der Waals surface area (Å²) in [5.74, 6) is -1.61. The molecule has 0 aromatic carbocycles. The summed E-state index contributed by atoms with van der Waals surface area (Å²) in [6.45, 7) is 15.2. The molecule has 2 rings (SSSR count). The van der Waals surface area contributed by atoms with E-state index in [9.17, 15) is 28.2 Å². The van der Waals surface area contributed by atoms with Gasteiger partial charge in [-0.15, -0.1) is 0 Å². The van der Waals surface area contributed by atoms with Crippen molar-refractivity contribution < 1.29 is 28.2 Å². The molecule has 0 aromatic rings. The second kappa shape index (κ2) is 13.3. The average molecular weight is 593 g/mol. The molecule has 2 aliphatic rings. The minimum atomic E-state index is -1.33. The molecular formula is C32H48O6S2. The third kappa shape index (κ3) is 9.79. The SMILES string of the molecule is CC1(C)C=C(C=CC2=CC(C)(C)C=C(CCCCC(C)(C)C(=O)O)S2=O)S(=O)C(CCCCC(C)(C)C(=O)O)=C1. The fourth-order valence-corrected chi connectivity index (χ4v) is 8.11. The molecule has 0 aliphatic carbocycles. The molecule has 0 radical (unpaired) electrons. The Hall–Kier alpha value is -2.06. The van der Waals surface area contributed by atoms with Crippen LogP contribution in [-0.2, 0) is 31.2 Å². The number of carboxylic acid groups (broad SMARTS) is 2. The van der Waals surface area contributed by atoms with Crippen molar-refractivity contribution in [2.75, 3.05) is 0 Å². The Kier molecular flexibility index (Phi) is 11.3. The molecule has 0 amide bonds. The van der Waals surface area contributed by atoms with Gasteiger partial charge in [-0.25, -0.2) is 8.42 Å². The largest absolute Gasteiger partial charge is 0.481 e. The van der Waals surface area contributed by atoms with Gasteiger partial charge in [0.1, 0.15) is 0 Å². The van der Waals surface area contributed by atoms with Gasteiger partial charge in [0.2, 0.25) is 0 Å². The predicted octanol–water partition coefficient (Wildman–Crippen LogP) is 8.00. The number of unbranched alkanes of at least 4 members (excludes halogenated alkanes) is 2. The molecule has 0 saturated carbocycles. The lowest BCUT2D eigenvalue weighted by atomic mass is 9.87. The summed E-state index contributed by atoms with van der Waals surface area (Å²) in [6, 6.07) is 0. The summed E-state index contributed by atoms with van der Waals surface area (Å²) in [6.07, 6.45) is 17.2. The third-order valence-corrected chi connectivity index (χ3v) is 10.5. The van der Waals surface area contributed by atoms with E-state index >= 15 is 0 Å². The van der Waals surface area contributed by atoms with Crippen molar-refractivity contribution in [1.82, 2.24) is 0 Å². The molecular weight excluding hydrogens is 544 g/mol. The quantitative estimate of drug-likeness (QED) is 0.198. The van der Waals surface area contributed by atoms with Crippen LogP contribution in [-0.4, -0.2) is 30.6 Å². The summed E-state index contributed by atoms with van der Waals surface area (Å²) in [5.41, 5.74) is -2.10. The lowest BCUT2D eigenvalue weighted by Crippen LogP contribution is -2.23. The monoisotopic (exact) mass is 592 g/mol. The number of hydrogen-bond acceptors (Lipinski definition) is 4. The topological polar surface area (TPSA) is 109 Å². The average Bonchev–Trinajstić information content (AvgIpc) is 2.82. The van der Waals surface area contributed by atoms with Crippen LogP contribution in [0.25, 0.3) is 0 Å². The lowest BCUT2D eigenvalue weighted by Gasteiger charge is -2.26. The molecule has 2 unspecified atom stereocenters. The Balaban J connectivity index is 2.08. The standard InChI is InChI=1S/C32H48O6S2/c1-29(2)19-23(13-9-11-17-31(5,6)27(33)34)39(37)25(21-29)15-16-26-22-30(3,4)20-24(40(26)38)14-10-12-18-32(7,8)28(35)36/h15-16,19-22H,9-14,17-18H2,1-8H3,(H,33,34)(H,35,36). The first-order valence-corrected chi connectivity index (χ1v) is 16.4. The molecule has 2 atom stereocenters. The van der Waals surface area contributed by atoms with Crippen LogP contribution in [0.15, 0.2) is 56.1 Å². The van der Waals surface area contributed by atoms with E-state index in [-0.39, 0.29) is 10.8 Å². The first-order chi connectivity index (χ1) is 18.3. The van der Waals surface area contributed by atoms with Crippen LogP contribution < -0.4 is 0 Å². The van der Waals surface area contributed by atoms with E-state index in [1.165, 1.54) is 0 Å². The number of aliphatic carboxylic acids is 2. The fourth-order valence-electron chi connectivity index (χ4n) is 4.82. The minimum Gasteiger partial charge on any atom is -0.481 e. The Bertz CT molecular complexity index is 1100. The van der Waals surface area contributed by atoms with Gasteiger partial charge in [-0.3, -0.25) is 9.59 Å². The zero-order chi connectivity index (χ0) is 30.5. The minimum absolute atomic E-state index is 0.280. The highest BCUT2D eigenvalue weighted by molar-refractivity contribution is 7.93. The molecule has 8 heteroatoms. The Morgan fingerprint density at radius 2 is 1.00 bits per heavy atom. The van der Waals surface area contributed by atoms with Crippen LogP contribution in [0.4, 0.5) is 0 Å². The highest BCUT2D eigenvalue weighted by atomic mass is 32.2. The van der Waals surface area contributed by atoms with Crippen LogP contribution in [0.5, 0.6) is 0 Å². The maximum atomic E-state index is 13.4. The van der Waals surface area contributed by atoms with Crippen molar-refractivity contribution in [2.45, 2.75) is 107 Å². The van der Waals surface area contributed by atoms with E-state index < -0.39 is 44.4 Å². The van der Waals surface area contributed by atoms with E-state index in [0.29, 0.717) is 35.5 Å². The molecule has 0 bridgehead atoms. The molecule has 2 heterocycles. The highest BCUT2D eigenvalue weighted by Gasteiger charge is 2.29. The van der Waals surface area contributed by atoms with Crippen LogP contribution in [0.1, 0.15) is 107 Å². The van der Waals surface area contributed by atoms with Crippen LogP contribution in [0, 0.1) is 21.7 Å². The van der Waals surface area contributed by atoms with Crippen molar-refractivity contribution in [3.05, 3.63) is 56.1 Å². The summed E-state index contributed by atoms with van der Waals surface area (Å²) < 4.78 is 26.9. The molecule has 224 valence electrons. The molecule has 0 spiro atoms. The van der Waals surface area contributed by atoms with Crippen LogP contribution >= 0.6 is 0 Å². The van der Waals surface area contributed by atoms with Crippen molar-refractivity contribution in [1.29, 1.82) is 0 Å². The Morgan fingerprint density at radius 1 is 0.675 bits per heavy atom. The molecule has 2 aliphatic heterocycles. The summed E-state index contributed by atoms with van der Waals surface area (Å²) in [7, 11) is -2.66. The number of allylic oxidation sites excluding steroid dienone is 8. The number of carboxylic acids is 2. The molecule has 0 fully saturated rings. The van der Waals surface area contributed by atoms with Gasteiger partial charge < -0.3 is 10.2 Å². The molecule has 40 heavy (non-hydrogen) atoms. The Morgan fingerprint density at radius 3 is 1.30 bits per heavy atom. The van der Waals surface area contributed by atoms with Gasteiger partial charge in [0.05, 0.1) is 32.4 Å². The first kappa shape index (κ1) is 34.1. The lowest BCUT2D eigenvalue weighted by molar-refractivity contribution is -0.148. The first-order valence-electron chi connectivity index (χ1n) is 14.1. The highest BCUT2D eigenvalue weighted by Crippen LogP contribution is 2.38. The van der Waals surface area contributed by atoms with Crippen molar-refractivity contribution in [2.24, 2.45) is 21.7 Å². The predicted molar refractivity (Wildman–Crippen MR) is 165 cm³/mol. The van der Waals surface area contributed by atoms with E-state index in [1.807, 2.05) is 24.3 Å². The van der Waals surface area contributed by atoms with E-state index in [4.69, 9.17) is 0 Å². The third-order valence-electron chi connectivity index (χ3n) is 7.52. The fraction of sp³-hybridized carbons (Fsp3) is 0.625. The van der Waals surface area contributed by atoms with Crippen molar-refractivity contribution >= 4 is 33.5 Å². The van der Waals surface area contributed by atoms with Crippen molar-refractivity contribution in [3.8, 4) is 0 Å². The number of carbonyl (C=O) groups is 2. The Labute approximate surface area is 245 Å².